The number of methoxy groups -OCH3 is 1. The minimum Gasteiger partial charge on any atom is -0.463 e. The van der Waals surface area contributed by atoms with Crippen molar-refractivity contribution in [3.05, 3.63) is 35.3 Å². The topological polar surface area (TPSA) is 39.4 Å². The highest BCUT2D eigenvalue weighted by Gasteiger charge is 2.09. The molecule has 76 valence electrons. The number of rotatable bonds is 3. The molecule has 0 saturated heterocycles. The lowest BCUT2D eigenvalue weighted by atomic mass is 10.2. The standard InChI is InChI=1S/C11H14O3/c1-8(2)4-5-9-6-7-10(14-9)11(12)13-3/h4,6-7H,5H2,1-3H3. The van der Waals surface area contributed by atoms with Gasteiger partial charge in [0.15, 0.2) is 0 Å². The molecule has 0 atom stereocenters. The van der Waals surface area contributed by atoms with Crippen molar-refractivity contribution in [2.24, 2.45) is 0 Å². The molecule has 0 fully saturated rings. The van der Waals surface area contributed by atoms with Crippen molar-refractivity contribution in [3.63, 3.8) is 0 Å². The molecule has 1 heterocycles. The smallest absolute Gasteiger partial charge is 0.373 e. The zero-order chi connectivity index (χ0) is 10.6. The summed E-state index contributed by atoms with van der Waals surface area (Å²) in [4.78, 5) is 11.0. The molecule has 3 nitrogen and oxygen atoms in total. The van der Waals surface area contributed by atoms with Gasteiger partial charge in [0, 0.05) is 6.42 Å². The lowest BCUT2D eigenvalue weighted by Crippen LogP contribution is -1.98. The molecule has 0 saturated carbocycles. The molecule has 0 spiro atoms. The lowest BCUT2D eigenvalue weighted by molar-refractivity contribution is 0.0563. The first kappa shape index (κ1) is 10.6. The van der Waals surface area contributed by atoms with Crippen molar-refractivity contribution < 1.29 is 13.9 Å². The first-order chi connectivity index (χ1) is 6.63. The average molecular weight is 194 g/mol. The third-order valence-electron chi connectivity index (χ3n) is 1.76. The maximum absolute atomic E-state index is 11.0. The van der Waals surface area contributed by atoms with E-state index >= 15 is 0 Å². The molecular weight excluding hydrogens is 180 g/mol. The summed E-state index contributed by atoms with van der Waals surface area (Å²) < 4.78 is 9.79. The van der Waals surface area contributed by atoms with Crippen LogP contribution in [-0.4, -0.2) is 13.1 Å². The first-order valence-electron chi connectivity index (χ1n) is 4.44. The molecule has 0 bridgehead atoms. The van der Waals surface area contributed by atoms with Gasteiger partial charge in [-0.3, -0.25) is 0 Å². The van der Waals surface area contributed by atoms with E-state index in [1.165, 1.54) is 12.7 Å². The number of ether oxygens (including phenoxy) is 1. The molecule has 0 unspecified atom stereocenters. The molecule has 0 radical (unpaired) electrons. The predicted octanol–water partition coefficient (Wildman–Crippen LogP) is 2.57. The number of carbonyl (C=O) groups is 1. The van der Waals surface area contributed by atoms with Crippen LogP contribution in [0.2, 0.25) is 0 Å². The number of allylic oxidation sites excluding steroid dienone is 2. The van der Waals surface area contributed by atoms with Crippen molar-refractivity contribution in [3.8, 4) is 0 Å². The van der Waals surface area contributed by atoms with Gasteiger partial charge in [-0.1, -0.05) is 11.6 Å². The Hall–Kier alpha value is -1.51. The maximum Gasteiger partial charge on any atom is 0.373 e. The van der Waals surface area contributed by atoms with Crippen LogP contribution in [0, 0.1) is 0 Å². The third kappa shape index (κ3) is 2.76. The van der Waals surface area contributed by atoms with Gasteiger partial charge in [0.2, 0.25) is 5.76 Å². The molecule has 0 amide bonds. The first-order valence-corrected chi connectivity index (χ1v) is 4.44. The van der Waals surface area contributed by atoms with Crippen molar-refractivity contribution in [2.45, 2.75) is 20.3 Å². The normalized spacial score (nSPS) is 9.64. The van der Waals surface area contributed by atoms with Crippen molar-refractivity contribution >= 4 is 5.97 Å². The molecule has 0 aliphatic heterocycles. The predicted molar refractivity (Wildman–Crippen MR) is 53.2 cm³/mol. The van der Waals surface area contributed by atoms with E-state index in [9.17, 15) is 4.79 Å². The number of hydrogen-bond acceptors (Lipinski definition) is 3. The Bertz CT molecular complexity index is 343. The van der Waals surface area contributed by atoms with Gasteiger partial charge < -0.3 is 9.15 Å². The lowest BCUT2D eigenvalue weighted by Gasteiger charge is -1.93. The van der Waals surface area contributed by atoms with E-state index in [-0.39, 0.29) is 5.76 Å². The molecule has 0 N–H and O–H groups in total. The van der Waals surface area contributed by atoms with Crippen LogP contribution in [0.4, 0.5) is 0 Å². The summed E-state index contributed by atoms with van der Waals surface area (Å²) in [6.07, 6.45) is 2.75. The summed E-state index contributed by atoms with van der Waals surface area (Å²) in [5.41, 5.74) is 1.22. The highest BCUT2D eigenvalue weighted by Crippen LogP contribution is 2.10. The van der Waals surface area contributed by atoms with Gasteiger partial charge in [0.05, 0.1) is 7.11 Å². The van der Waals surface area contributed by atoms with Crippen LogP contribution < -0.4 is 0 Å². The highest BCUT2D eigenvalue weighted by molar-refractivity contribution is 5.86. The van der Waals surface area contributed by atoms with Crippen LogP contribution in [0.1, 0.15) is 30.2 Å². The fourth-order valence-electron chi connectivity index (χ4n) is 1.00. The maximum atomic E-state index is 11.0. The molecule has 3 heteroatoms. The number of furan rings is 1. The van der Waals surface area contributed by atoms with Crippen molar-refractivity contribution in [1.29, 1.82) is 0 Å². The molecule has 0 aromatic carbocycles. The van der Waals surface area contributed by atoms with Crippen molar-refractivity contribution in [1.82, 2.24) is 0 Å². The zero-order valence-electron chi connectivity index (χ0n) is 8.66. The summed E-state index contributed by atoms with van der Waals surface area (Å²) in [6, 6.07) is 3.41. The van der Waals surface area contributed by atoms with Crippen LogP contribution in [0.15, 0.2) is 28.2 Å². The minimum atomic E-state index is -0.437. The number of carbonyl (C=O) groups excluding carboxylic acids is 1. The Morgan fingerprint density at radius 2 is 2.21 bits per heavy atom. The fraction of sp³-hybridized carbons (Fsp3) is 0.364. The Labute approximate surface area is 83.4 Å². The summed E-state index contributed by atoms with van der Waals surface area (Å²) in [6.45, 7) is 4.04. The van der Waals surface area contributed by atoms with Crippen molar-refractivity contribution in [2.75, 3.05) is 7.11 Å². The molecule has 1 aromatic rings. The number of hydrogen-bond donors (Lipinski definition) is 0. The van der Waals surface area contributed by atoms with E-state index < -0.39 is 5.97 Å². The van der Waals surface area contributed by atoms with E-state index in [1.54, 1.807) is 12.1 Å². The Balaban J connectivity index is 2.69. The fourth-order valence-corrected chi connectivity index (χ4v) is 1.00. The minimum absolute atomic E-state index is 0.254. The third-order valence-corrected chi connectivity index (χ3v) is 1.76. The molecular formula is C11H14O3. The summed E-state index contributed by atoms with van der Waals surface area (Å²) in [5, 5.41) is 0. The van der Waals surface area contributed by atoms with Crippen LogP contribution in [-0.2, 0) is 11.2 Å². The van der Waals surface area contributed by atoms with E-state index in [0.29, 0.717) is 6.42 Å². The van der Waals surface area contributed by atoms with Gasteiger partial charge in [-0.25, -0.2) is 4.79 Å². The quantitative estimate of drug-likeness (QED) is 0.548. The zero-order valence-corrected chi connectivity index (χ0v) is 8.66. The van der Waals surface area contributed by atoms with Gasteiger partial charge >= 0.3 is 5.97 Å². The second-order valence-corrected chi connectivity index (χ2v) is 3.24. The highest BCUT2D eigenvalue weighted by atomic mass is 16.5. The van der Waals surface area contributed by atoms with Gasteiger partial charge in [0.25, 0.3) is 0 Å². The molecule has 1 aromatic heterocycles. The van der Waals surface area contributed by atoms with Gasteiger partial charge in [0.1, 0.15) is 5.76 Å². The van der Waals surface area contributed by atoms with Crippen LogP contribution >= 0.6 is 0 Å². The monoisotopic (exact) mass is 194 g/mol. The second-order valence-electron chi connectivity index (χ2n) is 3.24. The van der Waals surface area contributed by atoms with E-state index in [4.69, 9.17) is 4.42 Å². The molecule has 14 heavy (non-hydrogen) atoms. The second kappa shape index (κ2) is 4.65. The molecule has 1 rings (SSSR count). The van der Waals surface area contributed by atoms with Crippen LogP contribution in [0.25, 0.3) is 0 Å². The van der Waals surface area contributed by atoms with E-state index in [0.717, 1.165) is 5.76 Å². The van der Waals surface area contributed by atoms with Gasteiger partial charge in [-0.05, 0) is 26.0 Å². The van der Waals surface area contributed by atoms with E-state index in [2.05, 4.69) is 4.74 Å². The molecule has 0 aliphatic rings. The summed E-state index contributed by atoms with van der Waals surface area (Å²) in [5.74, 6) is 0.588. The molecule has 0 aliphatic carbocycles. The average Bonchev–Trinajstić information content (AvgIpc) is 2.62. The SMILES string of the molecule is COC(=O)c1ccc(CC=C(C)C)o1. The van der Waals surface area contributed by atoms with Gasteiger partial charge in [-0.2, -0.15) is 0 Å². The van der Waals surface area contributed by atoms with Crippen LogP contribution in [0.3, 0.4) is 0 Å². The summed E-state index contributed by atoms with van der Waals surface area (Å²) >= 11 is 0. The van der Waals surface area contributed by atoms with Gasteiger partial charge in [-0.15, -0.1) is 0 Å². The Morgan fingerprint density at radius 3 is 2.79 bits per heavy atom. The Morgan fingerprint density at radius 1 is 1.50 bits per heavy atom. The largest absolute Gasteiger partial charge is 0.463 e. The Kier molecular flexibility index (Phi) is 3.51. The summed E-state index contributed by atoms with van der Waals surface area (Å²) in [7, 11) is 1.33. The van der Waals surface area contributed by atoms with E-state index in [1.807, 2.05) is 19.9 Å². The van der Waals surface area contributed by atoms with Crippen LogP contribution in [0.5, 0.6) is 0 Å². The number of esters is 1.